The fourth-order valence-corrected chi connectivity index (χ4v) is 5.24. The van der Waals surface area contributed by atoms with Crippen molar-refractivity contribution in [3.63, 3.8) is 0 Å². The van der Waals surface area contributed by atoms with E-state index in [4.69, 9.17) is 0 Å². The van der Waals surface area contributed by atoms with Crippen LogP contribution in [-0.2, 0) is 14.8 Å². The summed E-state index contributed by atoms with van der Waals surface area (Å²) in [5.74, 6) is -1.09. The summed E-state index contributed by atoms with van der Waals surface area (Å²) >= 11 is 1.49. The normalized spacial score (nSPS) is 16.7. The molecule has 2 rings (SSSR count). The van der Waals surface area contributed by atoms with Crippen LogP contribution in [0.15, 0.2) is 23.1 Å². The average molecular weight is 415 g/mol. The Morgan fingerprint density at radius 3 is 2.52 bits per heavy atom. The molecule has 7 nitrogen and oxygen atoms in total. The number of nitrogens with zero attached hydrogens (tertiary/aromatic N) is 1. The number of hydrogen-bond acceptors (Lipinski definition) is 5. The second-order valence-electron chi connectivity index (χ2n) is 6.59. The Balaban J connectivity index is 2.25. The molecule has 1 unspecified atom stereocenters. The number of nitrogens with one attached hydrogen (secondary N) is 1. The first-order chi connectivity index (χ1) is 12.8. The van der Waals surface area contributed by atoms with Gasteiger partial charge in [0.25, 0.3) is 5.91 Å². The number of aryl methyl sites for hydroxylation is 1. The monoisotopic (exact) mass is 414 g/mol. The van der Waals surface area contributed by atoms with Crippen molar-refractivity contribution < 1.29 is 23.1 Å². The fourth-order valence-electron chi connectivity index (χ4n) is 3.00. The van der Waals surface area contributed by atoms with Gasteiger partial charge in [0.05, 0.1) is 4.90 Å². The number of amides is 1. The van der Waals surface area contributed by atoms with Crippen molar-refractivity contribution in [2.75, 3.05) is 25.1 Å². The lowest BCUT2D eigenvalue weighted by molar-refractivity contribution is -0.139. The zero-order valence-electron chi connectivity index (χ0n) is 15.6. The minimum Gasteiger partial charge on any atom is -0.480 e. The molecular weight excluding hydrogens is 388 g/mol. The lowest BCUT2D eigenvalue weighted by Crippen LogP contribution is -2.41. The van der Waals surface area contributed by atoms with Crippen LogP contribution in [0.3, 0.4) is 0 Å². The maximum absolute atomic E-state index is 13.0. The lowest BCUT2D eigenvalue weighted by Gasteiger charge is -2.26. The molecule has 1 atom stereocenters. The first-order valence-corrected chi connectivity index (χ1v) is 11.7. The van der Waals surface area contributed by atoms with E-state index >= 15 is 0 Å². The van der Waals surface area contributed by atoms with Gasteiger partial charge in [0.15, 0.2) is 0 Å². The Morgan fingerprint density at radius 2 is 1.93 bits per heavy atom. The third-order valence-corrected chi connectivity index (χ3v) is 7.28. The maximum Gasteiger partial charge on any atom is 0.326 e. The SMILES string of the molecule is CSCCC(NC(=O)c1ccc(C)c(S(=O)(=O)N2CCCCC2)c1)C(=O)O. The zero-order valence-corrected chi connectivity index (χ0v) is 17.2. The van der Waals surface area contributed by atoms with E-state index in [0.717, 1.165) is 19.3 Å². The first kappa shape index (κ1) is 21.7. The van der Waals surface area contributed by atoms with Gasteiger partial charge >= 0.3 is 5.97 Å². The lowest BCUT2D eigenvalue weighted by atomic mass is 10.1. The van der Waals surface area contributed by atoms with E-state index in [1.54, 1.807) is 13.0 Å². The maximum atomic E-state index is 13.0. The molecule has 150 valence electrons. The molecule has 1 aromatic carbocycles. The van der Waals surface area contributed by atoms with Crippen LogP contribution in [0.25, 0.3) is 0 Å². The van der Waals surface area contributed by atoms with E-state index in [-0.39, 0.29) is 10.5 Å². The van der Waals surface area contributed by atoms with E-state index in [1.165, 1.54) is 28.2 Å². The third-order valence-electron chi connectivity index (χ3n) is 4.60. The minimum atomic E-state index is -3.67. The number of carboxylic acids is 1. The van der Waals surface area contributed by atoms with Gasteiger partial charge in [-0.25, -0.2) is 13.2 Å². The third kappa shape index (κ3) is 5.46. The number of thioether (sulfide) groups is 1. The Bertz CT molecular complexity index is 789. The van der Waals surface area contributed by atoms with Crippen molar-refractivity contribution in [2.45, 2.75) is 43.5 Å². The molecule has 0 spiro atoms. The van der Waals surface area contributed by atoms with E-state index < -0.39 is 27.9 Å². The molecule has 1 fully saturated rings. The summed E-state index contributed by atoms with van der Waals surface area (Å²) in [4.78, 5) is 23.9. The number of rotatable bonds is 8. The molecule has 2 N–H and O–H groups in total. The highest BCUT2D eigenvalue weighted by Gasteiger charge is 2.28. The molecule has 0 saturated carbocycles. The number of sulfonamides is 1. The number of carbonyl (C=O) groups excluding carboxylic acids is 1. The predicted octanol–water partition coefficient (Wildman–Crippen LogP) is 2.11. The minimum absolute atomic E-state index is 0.105. The van der Waals surface area contributed by atoms with Gasteiger partial charge in [0, 0.05) is 18.7 Å². The molecule has 1 saturated heterocycles. The van der Waals surface area contributed by atoms with Crippen LogP contribution < -0.4 is 5.32 Å². The zero-order chi connectivity index (χ0) is 20.0. The molecule has 0 bridgehead atoms. The van der Waals surface area contributed by atoms with Crippen LogP contribution in [0.1, 0.15) is 41.6 Å². The molecule has 27 heavy (non-hydrogen) atoms. The number of carbonyl (C=O) groups is 2. The summed E-state index contributed by atoms with van der Waals surface area (Å²) < 4.78 is 27.4. The molecule has 1 aromatic rings. The van der Waals surface area contributed by atoms with Crippen molar-refractivity contribution >= 4 is 33.7 Å². The van der Waals surface area contributed by atoms with E-state index in [2.05, 4.69) is 5.32 Å². The van der Waals surface area contributed by atoms with E-state index in [1.807, 2.05) is 6.26 Å². The largest absolute Gasteiger partial charge is 0.480 e. The summed E-state index contributed by atoms with van der Waals surface area (Å²) in [6.07, 6.45) is 4.83. The molecule has 0 aromatic heterocycles. The molecule has 1 aliphatic heterocycles. The Morgan fingerprint density at radius 1 is 1.26 bits per heavy atom. The van der Waals surface area contributed by atoms with Gasteiger partial charge in [0.2, 0.25) is 10.0 Å². The van der Waals surface area contributed by atoms with Gasteiger partial charge in [-0.3, -0.25) is 4.79 Å². The van der Waals surface area contributed by atoms with Gasteiger partial charge < -0.3 is 10.4 Å². The van der Waals surface area contributed by atoms with E-state index in [9.17, 15) is 23.1 Å². The topological polar surface area (TPSA) is 104 Å². The number of carboxylic acid groups (broad SMARTS) is 1. The molecule has 0 aliphatic carbocycles. The van der Waals surface area contributed by atoms with Gasteiger partial charge in [-0.05, 0) is 55.9 Å². The van der Waals surface area contributed by atoms with E-state index in [0.29, 0.717) is 30.8 Å². The second-order valence-corrected chi connectivity index (χ2v) is 9.48. The number of piperidine rings is 1. The molecule has 1 amide bonds. The molecule has 9 heteroatoms. The number of hydrogen-bond donors (Lipinski definition) is 2. The second kappa shape index (κ2) is 9.57. The van der Waals surface area contributed by atoms with Crippen LogP contribution in [0.5, 0.6) is 0 Å². The smallest absolute Gasteiger partial charge is 0.326 e. The Hall–Kier alpha value is -1.58. The van der Waals surface area contributed by atoms with Crippen LogP contribution in [0.4, 0.5) is 0 Å². The fraction of sp³-hybridized carbons (Fsp3) is 0.556. The van der Waals surface area contributed by atoms with Crippen LogP contribution in [0, 0.1) is 6.92 Å². The van der Waals surface area contributed by atoms with Crippen molar-refractivity contribution in [1.29, 1.82) is 0 Å². The summed E-state index contributed by atoms with van der Waals surface area (Å²) in [5.41, 5.74) is 0.709. The predicted molar refractivity (Wildman–Crippen MR) is 106 cm³/mol. The number of aliphatic carboxylic acids is 1. The highest BCUT2D eigenvalue weighted by molar-refractivity contribution is 7.98. The highest BCUT2D eigenvalue weighted by atomic mass is 32.2. The Kier molecular flexibility index (Phi) is 7.69. The molecule has 1 aliphatic rings. The summed E-state index contributed by atoms with van der Waals surface area (Å²) in [6.45, 7) is 2.65. The first-order valence-electron chi connectivity index (χ1n) is 8.90. The summed E-state index contributed by atoms with van der Waals surface area (Å²) in [6, 6.07) is 3.45. The standard InChI is InChI=1S/C18H26N2O5S2/c1-13-6-7-14(17(21)19-15(18(22)23)8-11-26-2)12-16(13)27(24,25)20-9-4-3-5-10-20/h6-7,12,15H,3-5,8-11H2,1-2H3,(H,19,21)(H,22,23). The summed E-state index contributed by atoms with van der Waals surface area (Å²) in [5, 5.41) is 11.8. The molecule has 1 heterocycles. The van der Waals surface area contributed by atoms with Crippen LogP contribution in [-0.4, -0.2) is 60.8 Å². The number of benzene rings is 1. The Labute approximate surface area is 164 Å². The van der Waals surface area contributed by atoms with Gasteiger partial charge in [-0.1, -0.05) is 12.5 Å². The van der Waals surface area contributed by atoms with Crippen molar-refractivity contribution in [1.82, 2.24) is 9.62 Å². The highest BCUT2D eigenvalue weighted by Crippen LogP contribution is 2.24. The van der Waals surface area contributed by atoms with Gasteiger partial charge in [-0.15, -0.1) is 0 Å². The molecule has 0 radical (unpaired) electrons. The quantitative estimate of drug-likeness (QED) is 0.675. The van der Waals surface area contributed by atoms with Crippen LogP contribution >= 0.6 is 11.8 Å². The molecular formula is C18H26N2O5S2. The summed E-state index contributed by atoms with van der Waals surface area (Å²) in [7, 11) is -3.67. The average Bonchev–Trinajstić information content (AvgIpc) is 2.65. The van der Waals surface area contributed by atoms with Gasteiger partial charge in [-0.2, -0.15) is 16.1 Å². The van der Waals surface area contributed by atoms with Crippen LogP contribution in [0.2, 0.25) is 0 Å². The van der Waals surface area contributed by atoms with Crippen molar-refractivity contribution in [3.8, 4) is 0 Å². The van der Waals surface area contributed by atoms with Gasteiger partial charge in [0.1, 0.15) is 6.04 Å². The van der Waals surface area contributed by atoms with Crippen molar-refractivity contribution in [3.05, 3.63) is 29.3 Å². The van der Waals surface area contributed by atoms with Crippen molar-refractivity contribution in [2.24, 2.45) is 0 Å².